The third-order valence-corrected chi connectivity index (χ3v) is 7.05. The maximum Gasteiger partial charge on any atom is 0.267 e. The molecule has 4 nitrogen and oxygen atoms in total. The van der Waals surface area contributed by atoms with Gasteiger partial charge in [0.15, 0.2) is 0 Å². The van der Waals surface area contributed by atoms with Crippen LogP contribution >= 0.6 is 0 Å². The molecule has 2 atom stereocenters. The normalized spacial score (nSPS) is 14.3. The number of rotatable bonds is 21. The Balaban J connectivity index is 3.22. The van der Waals surface area contributed by atoms with Gasteiger partial charge in [0.2, 0.25) is 0 Å². The second-order valence-electron chi connectivity index (χ2n) is 8.65. The van der Waals surface area contributed by atoms with Crippen molar-refractivity contribution >= 4 is 10.1 Å². The van der Waals surface area contributed by atoms with Crippen molar-refractivity contribution in [1.29, 1.82) is 0 Å². The van der Waals surface area contributed by atoms with Gasteiger partial charge in [-0.05, 0) is 26.2 Å². The first-order chi connectivity index (χ1) is 13.4. The van der Waals surface area contributed by atoms with Gasteiger partial charge in [0.05, 0.1) is 11.4 Å². The Morgan fingerprint density at radius 1 is 0.607 bits per heavy atom. The molecule has 0 aromatic rings. The lowest BCUT2D eigenvalue weighted by atomic mass is 10.0. The number of aliphatic hydroxyl groups excluding tert-OH is 1. The van der Waals surface area contributed by atoms with Gasteiger partial charge in [-0.2, -0.15) is 8.42 Å². The highest BCUT2D eigenvalue weighted by Gasteiger charge is 2.15. The predicted octanol–water partition coefficient (Wildman–Crippen LogP) is 7.06. The van der Waals surface area contributed by atoms with Gasteiger partial charge < -0.3 is 5.11 Å². The molecular weight excluding hydrogens is 372 g/mol. The highest BCUT2D eigenvalue weighted by atomic mass is 32.2. The van der Waals surface area contributed by atoms with Crippen LogP contribution in [0.4, 0.5) is 0 Å². The monoisotopic (exact) mass is 420 g/mol. The van der Waals surface area contributed by atoms with Crippen molar-refractivity contribution in [2.45, 2.75) is 147 Å². The largest absolute Gasteiger partial charge is 0.393 e. The third kappa shape index (κ3) is 19.2. The van der Waals surface area contributed by atoms with E-state index in [1.165, 1.54) is 89.9 Å². The molecule has 0 radical (unpaired) electrons. The lowest BCUT2D eigenvalue weighted by molar-refractivity contribution is 0.147. The molecule has 0 aliphatic rings. The van der Waals surface area contributed by atoms with Crippen molar-refractivity contribution in [2.24, 2.45) is 0 Å². The van der Waals surface area contributed by atoms with Gasteiger partial charge in [0.25, 0.3) is 10.1 Å². The van der Waals surface area contributed by atoms with E-state index in [-0.39, 0.29) is 6.10 Å². The predicted molar refractivity (Wildman–Crippen MR) is 120 cm³/mol. The second-order valence-corrected chi connectivity index (χ2v) is 10.5. The summed E-state index contributed by atoms with van der Waals surface area (Å²) in [6, 6.07) is 0. The molecule has 0 aromatic carbocycles. The molecule has 2 N–H and O–H groups in total. The molecular formula is C23H48O4S. The SMILES string of the molecule is CCCCCCC(O)CCCCCCCCCCCCCCC(C)S(=O)(=O)O. The molecule has 0 aliphatic heterocycles. The molecule has 0 saturated heterocycles. The first kappa shape index (κ1) is 27.9. The zero-order valence-corrected chi connectivity index (χ0v) is 19.5. The zero-order valence-electron chi connectivity index (χ0n) is 18.7. The fourth-order valence-corrected chi connectivity index (χ4v) is 4.14. The van der Waals surface area contributed by atoms with Crippen LogP contribution in [0.1, 0.15) is 136 Å². The van der Waals surface area contributed by atoms with Crippen molar-refractivity contribution in [3.63, 3.8) is 0 Å². The smallest absolute Gasteiger partial charge is 0.267 e. The molecule has 0 aromatic heterocycles. The number of hydrogen-bond acceptors (Lipinski definition) is 3. The van der Waals surface area contributed by atoms with Gasteiger partial charge in [-0.3, -0.25) is 4.55 Å². The minimum Gasteiger partial charge on any atom is -0.393 e. The summed E-state index contributed by atoms with van der Waals surface area (Å²) < 4.78 is 30.7. The van der Waals surface area contributed by atoms with Crippen LogP contribution in [0.25, 0.3) is 0 Å². The van der Waals surface area contributed by atoms with Crippen LogP contribution in [0.2, 0.25) is 0 Å². The van der Waals surface area contributed by atoms with Crippen molar-refractivity contribution < 1.29 is 18.1 Å². The molecule has 0 spiro atoms. The van der Waals surface area contributed by atoms with E-state index in [2.05, 4.69) is 6.92 Å². The first-order valence-electron chi connectivity index (χ1n) is 12.0. The fourth-order valence-electron chi connectivity index (χ4n) is 3.68. The van der Waals surface area contributed by atoms with Crippen molar-refractivity contribution in [3.05, 3.63) is 0 Å². The Morgan fingerprint density at radius 3 is 1.29 bits per heavy atom. The molecule has 170 valence electrons. The second kappa shape index (κ2) is 18.9. The molecule has 0 amide bonds. The Labute approximate surface area is 175 Å². The summed E-state index contributed by atoms with van der Waals surface area (Å²) >= 11 is 0. The van der Waals surface area contributed by atoms with Gasteiger partial charge in [0.1, 0.15) is 0 Å². The highest BCUT2D eigenvalue weighted by Crippen LogP contribution is 2.16. The molecule has 2 unspecified atom stereocenters. The fraction of sp³-hybridized carbons (Fsp3) is 1.00. The average Bonchev–Trinajstić information content (AvgIpc) is 2.64. The average molecular weight is 421 g/mol. The van der Waals surface area contributed by atoms with Crippen LogP contribution in [-0.4, -0.2) is 29.4 Å². The summed E-state index contributed by atoms with van der Waals surface area (Å²) in [4.78, 5) is 0. The quantitative estimate of drug-likeness (QED) is 0.154. The minimum absolute atomic E-state index is 0.0758. The molecule has 5 heteroatoms. The topological polar surface area (TPSA) is 74.6 Å². The maximum atomic E-state index is 10.9. The molecule has 0 bridgehead atoms. The van der Waals surface area contributed by atoms with Gasteiger partial charge >= 0.3 is 0 Å². The maximum absolute atomic E-state index is 10.9. The van der Waals surface area contributed by atoms with Gasteiger partial charge in [-0.25, -0.2) is 0 Å². The van der Waals surface area contributed by atoms with Crippen LogP contribution in [0, 0.1) is 0 Å². The van der Waals surface area contributed by atoms with Crippen LogP contribution in [-0.2, 0) is 10.1 Å². The number of hydrogen-bond donors (Lipinski definition) is 2. The molecule has 0 aliphatic carbocycles. The van der Waals surface area contributed by atoms with Crippen molar-refractivity contribution in [1.82, 2.24) is 0 Å². The van der Waals surface area contributed by atoms with E-state index >= 15 is 0 Å². The highest BCUT2D eigenvalue weighted by molar-refractivity contribution is 7.86. The first-order valence-corrected chi connectivity index (χ1v) is 13.5. The lowest BCUT2D eigenvalue weighted by Gasteiger charge is -2.10. The summed E-state index contributed by atoms with van der Waals surface area (Å²) in [6.45, 7) is 3.79. The summed E-state index contributed by atoms with van der Waals surface area (Å²) in [5.41, 5.74) is 0. The van der Waals surface area contributed by atoms with E-state index in [9.17, 15) is 13.5 Å². The summed E-state index contributed by atoms with van der Waals surface area (Å²) in [5, 5.41) is 9.33. The molecule has 0 rings (SSSR count). The van der Waals surface area contributed by atoms with Crippen molar-refractivity contribution in [3.8, 4) is 0 Å². The van der Waals surface area contributed by atoms with Gasteiger partial charge in [-0.1, -0.05) is 110 Å². The Hall–Kier alpha value is -0.130. The van der Waals surface area contributed by atoms with E-state index in [4.69, 9.17) is 4.55 Å². The number of unbranched alkanes of at least 4 members (excludes halogenated alkanes) is 14. The summed E-state index contributed by atoms with van der Waals surface area (Å²) in [7, 11) is -3.84. The molecule has 0 fully saturated rings. The Morgan fingerprint density at radius 2 is 0.929 bits per heavy atom. The van der Waals surface area contributed by atoms with Crippen LogP contribution < -0.4 is 0 Å². The molecule has 0 saturated carbocycles. The van der Waals surface area contributed by atoms with Crippen LogP contribution in [0.15, 0.2) is 0 Å². The summed E-state index contributed by atoms with van der Waals surface area (Å²) in [6.07, 6.45) is 22.1. The minimum atomic E-state index is -3.84. The molecule has 0 heterocycles. The third-order valence-electron chi connectivity index (χ3n) is 5.80. The van der Waals surface area contributed by atoms with E-state index in [0.29, 0.717) is 6.42 Å². The Bertz CT molecular complexity index is 422. The van der Waals surface area contributed by atoms with E-state index in [1.54, 1.807) is 6.92 Å². The molecule has 28 heavy (non-hydrogen) atoms. The lowest BCUT2D eigenvalue weighted by Crippen LogP contribution is -2.16. The van der Waals surface area contributed by atoms with E-state index in [0.717, 1.165) is 25.7 Å². The van der Waals surface area contributed by atoms with E-state index < -0.39 is 15.4 Å². The van der Waals surface area contributed by atoms with Gasteiger partial charge in [-0.15, -0.1) is 0 Å². The van der Waals surface area contributed by atoms with Gasteiger partial charge in [0, 0.05) is 0 Å². The van der Waals surface area contributed by atoms with Crippen LogP contribution in [0.3, 0.4) is 0 Å². The zero-order chi connectivity index (χ0) is 21.1. The number of aliphatic hydroxyl groups is 1. The Kier molecular flexibility index (Phi) is 18.8. The summed E-state index contributed by atoms with van der Waals surface area (Å²) in [5.74, 6) is 0. The standard InChI is InChI=1S/C23H48O4S/c1-3-4-5-17-20-23(24)21-18-15-13-11-9-7-6-8-10-12-14-16-19-22(2)28(25,26)27/h22-24H,3-21H2,1-2H3,(H,25,26,27). The van der Waals surface area contributed by atoms with Crippen LogP contribution in [0.5, 0.6) is 0 Å². The van der Waals surface area contributed by atoms with E-state index in [1.807, 2.05) is 0 Å². The van der Waals surface area contributed by atoms with Crippen molar-refractivity contribution in [2.75, 3.05) is 0 Å².